The average molecular weight is 179 g/mol. The molecule has 1 saturated heterocycles. The van der Waals surface area contributed by atoms with Crippen LogP contribution in [0, 0.1) is 17.8 Å². The first-order valence-electron chi connectivity index (χ1n) is 4.92. The summed E-state index contributed by atoms with van der Waals surface area (Å²) in [5, 5.41) is 3.25. The second-order valence-corrected chi connectivity index (χ2v) is 3.76. The molecule has 1 aliphatic heterocycles. The van der Waals surface area contributed by atoms with Crippen molar-refractivity contribution in [3.8, 4) is 12.3 Å². The lowest BCUT2D eigenvalue weighted by molar-refractivity contribution is -0.127. The molecular weight excluding hydrogens is 162 g/mol. The van der Waals surface area contributed by atoms with Crippen LogP contribution in [-0.4, -0.2) is 18.9 Å². The Balaban J connectivity index is 2.66. The summed E-state index contributed by atoms with van der Waals surface area (Å²) in [7, 11) is 0. The molecule has 1 N–H and O–H groups in total. The monoisotopic (exact) mass is 179 g/mol. The number of rotatable bonds is 4. The fourth-order valence-corrected chi connectivity index (χ4v) is 2.09. The van der Waals surface area contributed by atoms with Gasteiger partial charge in [0.1, 0.15) is 0 Å². The predicted octanol–water partition coefficient (Wildman–Crippen LogP) is 1.36. The van der Waals surface area contributed by atoms with Gasteiger partial charge in [-0.3, -0.25) is 4.79 Å². The lowest BCUT2D eigenvalue weighted by Crippen LogP contribution is -2.33. The Kier molecular flexibility index (Phi) is 3.50. The van der Waals surface area contributed by atoms with E-state index in [1.54, 1.807) is 0 Å². The maximum absolute atomic E-state index is 11.8. The van der Waals surface area contributed by atoms with E-state index in [9.17, 15) is 4.79 Å². The second-order valence-electron chi connectivity index (χ2n) is 3.76. The molecule has 1 rings (SSSR count). The van der Waals surface area contributed by atoms with Gasteiger partial charge in [0.25, 0.3) is 0 Å². The number of carbonyl (C=O) groups is 1. The topological polar surface area (TPSA) is 29.1 Å². The predicted molar refractivity (Wildman–Crippen MR) is 53.3 cm³/mol. The molecule has 13 heavy (non-hydrogen) atoms. The molecule has 72 valence electrons. The minimum Gasteiger partial charge on any atom is -0.316 e. The van der Waals surface area contributed by atoms with Crippen LogP contribution in [-0.2, 0) is 4.79 Å². The Bertz CT molecular complexity index is 221. The van der Waals surface area contributed by atoms with E-state index in [4.69, 9.17) is 6.42 Å². The number of ketones is 1. The smallest absolute Gasteiger partial charge is 0.152 e. The highest BCUT2D eigenvalue weighted by molar-refractivity contribution is 5.87. The highest BCUT2D eigenvalue weighted by atomic mass is 16.1. The Morgan fingerprint density at radius 2 is 2.46 bits per heavy atom. The van der Waals surface area contributed by atoms with Crippen LogP contribution in [0.3, 0.4) is 0 Å². The van der Waals surface area contributed by atoms with E-state index < -0.39 is 0 Å². The van der Waals surface area contributed by atoms with Crippen molar-refractivity contribution < 1.29 is 4.79 Å². The Morgan fingerprint density at radius 3 is 2.92 bits per heavy atom. The van der Waals surface area contributed by atoms with Crippen molar-refractivity contribution in [2.45, 2.75) is 32.6 Å². The largest absolute Gasteiger partial charge is 0.316 e. The minimum absolute atomic E-state index is 0.138. The van der Waals surface area contributed by atoms with Crippen molar-refractivity contribution in [1.82, 2.24) is 5.32 Å². The number of Topliss-reactive ketones (excluding diaryl/α,β-unsaturated/α-hetero) is 1. The van der Waals surface area contributed by atoms with E-state index in [2.05, 4.69) is 18.2 Å². The highest BCUT2D eigenvalue weighted by Crippen LogP contribution is 2.32. The first kappa shape index (κ1) is 10.3. The summed E-state index contributed by atoms with van der Waals surface area (Å²) < 4.78 is 0. The first-order valence-corrected chi connectivity index (χ1v) is 4.92. The Morgan fingerprint density at radius 1 is 1.69 bits per heavy atom. The molecule has 0 amide bonds. The van der Waals surface area contributed by atoms with E-state index >= 15 is 0 Å². The van der Waals surface area contributed by atoms with Crippen molar-refractivity contribution in [1.29, 1.82) is 0 Å². The number of terminal acetylenes is 1. The third kappa shape index (κ3) is 2.10. The molecule has 1 aliphatic rings. The van der Waals surface area contributed by atoms with Gasteiger partial charge in [0.05, 0.1) is 6.42 Å². The zero-order valence-electron chi connectivity index (χ0n) is 8.23. The summed E-state index contributed by atoms with van der Waals surface area (Å²) in [6.45, 7) is 3.89. The van der Waals surface area contributed by atoms with Crippen LogP contribution in [0.4, 0.5) is 0 Å². The quantitative estimate of drug-likeness (QED) is 0.660. The number of hydrogen-bond acceptors (Lipinski definition) is 2. The summed E-state index contributed by atoms with van der Waals surface area (Å²) in [5.74, 6) is 2.70. The van der Waals surface area contributed by atoms with Crippen LogP contribution in [0.5, 0.6) is 0 Å². The molecule has 0 aromatic carbocycles. The van der Waals surface area contributed by atoms with Gasteiger partial charge in [-0.25, -0.2) is 0 Å². The van der Waals surface area contributed by atoms with Crippen molar-refractivity contribution >= 4 is 5.78 Å². The third-order valence-corrected chi connectivity index (χ3v) is 2.83. The molecule has 1 heterocycles. The van der Waals surface area contributed by atoms with E-state index in [0.717, 1.165) is 32.4 Å². The molecule has 1 unspecified atom stereocenters. The van der Waals surface area contributed by atoms with Gasteiger partial charge in [0, 0.05) is 12.0 Å². The molecule has 0 aromatic heterocycles. The Labute approximate surface area is 80.1 Å². The number of nitrogens with one attached hydrogen (secondary N) is 1. The van der Waals surface area contributed by atoms with Gasteiger partial charge in [0.2, 0.25) is 0 Å². The fraction of sp³-hybridized carbons (Fsp3) is 0.727. The van der Waals surface area contributed by atoms with Crippen LogP contribution in [0.2, 0.25) is 0 Å². The van der Waals surface area contributed by atoms with Crippen LogP contribution >= 0.6 is 0 Å². The molecule has 0 saturated carbocycles. The normalized spacial score (nSPS) is 27.1. The van der Waals surface area contributed by atoms with Crippen molar-refractivity contribution in [3.05, 3.63) is 0 Å². The molecular formula is C11H17NO. The second kappa shape index (κ2) is 4.43. The summed E-state index contributed by atoms with van der Waals surface area (Å²) in [6.07, 6.45) is 8.44. The third-order valence-electron chi connectivity index (χ3n) is 2.83. The summed E-state index contributed by atoms with van der Waals surface area (Å²) >= 11 is 0. The molecule has 0 radical (unpaired) electrons. The first-order chi connectivity index (χ1) is 6.25. The van der Waals surface area contributed by atoms with Gasteiger partial charge in [-0.05, 0) is 19.4 Å². The van der Waals surface area contributed by atoms with E-state index in [1.807, 2.05) is 0 Å². The van der Waals surface area contributed by atoms with Gasteiger partial charge >= 0.3 is 0 Å². The number of carbonyl (C=O) groups excluding carboxylic acids is 1. The molecule has 2 heteroatoms. The average Bonchev–Trinajstić information content (AvgIpc) is 2.55. The minimum atomic E-state index is -0.138. The molecule has 1 fully saturated rings. The van der Waals surface area contributed by atoms with Crippen molar-refractivity contribution in [3.63, 3.8) is 0 Å². The lowest BCUT2D eigenvalue weighted by Gasteiger charge is -2.25. The van der Waals surface area contributed by atoms with Crippen LogP contribution in [0.25, 0.3) is 0 Å². The highest BCUT2D eigenvalue weighted by Gasteiger charge is 2.38. The van der Waals surface area contributed by atoms with Gasteiger partial charge < -0.3 is 5.32 Å². The molecule has 1 atom stereocenters. The lowest BCUT2D eigenvalue weighted by atomic mass is 9.77. The standard InChI is InChI=1S/C11H17NO/c1-3-5-10(13)11(6-4-2)7-8-12-9-11/h1,12H,4-9H2,2H3. The van der Waals surface area contributed by atoms with E-state index in [-0.39, 0.29) is 11.2 Å². The fourth-order valence-electron chi connectivity index (χ4n) is 2.09. The summed E-state index contributed by atoms with van der Waals surface area (Å²) in [4.78, 5) is 11.8. The van der Waals surface area contributed by atoms with E-state index in [0.29, 0.717) is 6.42 Å². The maximum atomic E-state index is 11.8. The van der Waals surface area contributed by atoms with Crippen LogP contribution in [0.15, 0.2) is 0 Å². The van der Waals surface area contributed by atoms with Crippen LogP contribution < -0.4 is 5.32 Å². The summed E-state index contributed by atoms with van der Waals surface area (Å²) in [5.41, 5.74) is -0.138. The molecule has 0 bridgehead atoms. The number of hydrogen-bond donors (Lipinski definition) is 1. The van der Waals surface area contributed by atoms with Crippen molar-refractivity contribution in [2.24, 2.45) is 5.41 Å². The zero-order chi connectivity index (χ0) is 9.73. The Hall–Kier alpha value is -0.810. The molecule has 0 spiro atoms. The maximum Gasteiger partial charge on any atom is 0.152 e. The summed E-state index contributed by atoms with van der Waals surface area (Å²) in [6, 6.07) is 0. The van der Waals surface area contributed by atoms with Gasteiger partial charge in [-0.1, -0.05) is 19.3 Å². The van der Waals surface area contributed by atoms with Crippen LogP contribution in [0.1, 0.15) is 32.6 Å². The van der Waals surface area contributed by atoms with E-state index in [1.165, 1.54) is 0 Å². The van der Waals surface area contributed by atoms with Crippen molar-refractivity contribution in [2.75, 3.05) is 13.1 Å². The molecule has 0 aliphatic carbocycles. The zero-order valence-corrected chi connectivity index (χ0v) is 8.23. The SMILES string of the molecule is C#CCC(=O)C1(CCC)CCNC1. The molecule has 0 aromatic rings. The van der Waals surface area contributed by atoms with Gasteiger partial charge in [-0.2, -0.15) is 0 Å². The molecule has 2 nitrogen and oxygen atoms in total. The van der Waals surface area contributed by atoms with Gasteiger partial charge in [0.15, 0.2) is 5.78 Å². The van der Waals surface area contributed by atoms with Gasteiger partial charge in [-0.15, -0.1) is 6.42 Å².